The van der Waals surface area contributed by atoms with Crippen LogP contribution in [0.1, 0.15) is 45.6 Å². The van der Waals surface area contributed by atoms with Crippen LogP contribution in [0.25, 0.3) is 0 Å². The number of nitrogens with zero attached hydrogens (tertiary/aromatic N) is 1. The molecule has 0 spiro atoms. The van der Waals surface area contributed by atoms with Gasteiger partial charge in [0.1, 0.15) is 11.7 Å². The van der Waals surface area contributed by atoms with Crippen molar-refractivity contribution >= 4 is 23.4 Å². The second-order valence-electron chi connectivity index (χ2n) is 7.61. The third-order valence-electron chi connectivity index (χ3n) is 5.69. The highest BCUT2D eigenvalue weighted by Crippen LogP contribution is 2.46. The van der Waals surface area contributed by atoms with Crippen molar-refractivity contribution in [2.75, 3.05) is 13.2 Å². The Morgan fingerprint density at radius 3 is 2.43 bits per heavy atom. The number of benzene rings is 1. The smallest absolute Gasteiger partial charge is 0.336 e. The van der Waals surface area contributed by atoms with Gasteiger partial charge in [-0.2, -0.15) is 0 Å². The molecule has 7 heteroatoms. The summed E-state index contributed by atoms with van der Waals surface area (Å²) < 4.78 is 25.2. The van der Waals surface area contributed by atoms with Gasteiger partial charge < -0.3 is 9.47 Å². The minimum Gasteiger partial charge on any atom is -0.465 e. The Kier molecular flexibility index (Phi) is 6.48. The van der Waals surface area contributed by atoms with Crippen LogP contribution in [0.3, 0.4) is 0 Å². The number of fused-ring (bicyclic) bond motifs is 1. The molecule has 1 aliphatic carbocycles. The average Bonchev–Trinajstić information content (AvgIpc) is 2.67. The highest BCUT2D eigenvalue weighted by Gasteiger charge is 2.51. The minimum absolute atomic E-state index is 0.136. The fourth-order valence-electron chi connectivity index (χ4n) is 4.48. The number of carbonyl (C=O) groups is 3. The number of ether oxygens (including phenoxy) is 2. The van der Waals surface area contributed by atoms with E-state index in [0.717, 1.165) is 0 Å². The van der Waals surface area contributed by atoms with Crippen LogP contribution >= 0.6 is 0 Å². The van der Waals surface area contributed by atoms with Gasteiger partial charge in [0.15, 0.2) is 5.78 Å². The number of halogens is 1. The fraction of sp³-hybridized carbons (Fsp3) is 0.478. The molecule has 2 aliphatic rings. The van der Waals surface area contributed by atoms with Crippen LogP contribution in [0.15, 0.2) is 40.5 Å². The summed E-state index contributed by atoms with van der Waals surface area (Å²) in [6, 6.07) is 6.04. The summed E-state index contributed by atoms with van der Waals surface area (Å²) in [7, 11) is 0. The third-order valence-corrected chi connectivity index (χ3v) is 5.69. The van der Waals surface area contributed by atoms with Gasteiger partial charge in [-0.3, -0.25) is 14.6 Å². The molecular weight excluding hydrogens is 389 g/mol. The number of hydrogen-bond donors (Lipinski definition) is 0. The van der Waals surface area contributed by atoms with Gasteiger partial charge in [-0.15, -0.1) is 0 Å². The maximum absolute atomic E-state index is 14.8. The molecule has 0 N–H and O–H groups in total. The van der Waals surface area contributed by atoms with Crippen molar-refractivity contribution in [2.24, 2.45) is 22.7 Å². The Morgan fingerprint density at radius 2 is 1.80 bits per heavy atom. The Hall–Kier alpha value is -2.83. The number of allylic oxidation sites excluding steroid dienone is 1. The molecule has 1 aromatic rings. The molecule has 1 aromatic carbocycles. The Bertz CT molecular complexity index is 935. The van der Waals surface area contributed by atoms with Crippen molar-refractivity contribution in [3.63, 3.8) is 0 Å². The van der Waals surface area contributed by atoms with Crippen LogP contribution < -0.4 is 0 Å². The third kappa shape index (κ3) is 3.80. The molecule has 1 fully saturated rings. The summed E-state index contributed by atoms with van der Waals surface area (Å²) >= 11 is 0. The maximum Gasteiger partial charge on any atom is 0.336 e. The molecule has 6 nitrogen and oxygen atoms in total. The Morgan fingerprint density at radius 1 is 1.13 bits per heavy atom. The molecule has 1 saturated carbocycles. The fourth-order valence-corrected chi connectivity index (χ4v) is 4.48. The standard InChI is InChI=1S/C23H26FNO5/c1-5-29-22(27)17-12(3)11-16-20(21(17)26)19(14-9-7-8-10-15(14)24)18(13(4)25-16)23(28)30-6-2/h7-10,12,17,19-20H,5-6,11H2,1-4H3/t12-,17+,19+,20?/m0/s1. The van der Waals surface area contributed by atoms with Crippen molar-refractivity contribution in [1.82, 2.24) is 0 Å². The first-order valence-electron chi connectivity index (χ1n) is 10.2. The van der Waals surface area contributed by atoms with Crippen LogP contribution in [0, 0.1) is 23.6 Å². The van der Waals surface area contributed by atoms with Gasteiger partial charge in [-0.25, -0.2) is 9.18 Å². The number of aliphatic imine (C=N–C) groups is 1. The lowest BCUT2D eigenvalue weighted by atomic mass is 9.63. The largest absolute Gasteiger partial charge is 0.465 e. The second kappa shape index (κ2) is 8.90. The number of carbonyl (C=O) groups excluding carboxylic acids is 3. The van der Waals surface area contributed by atoms with Crippen LogP contribution in [0.5, 0.6) is 0 Å². The van der Waals surface area contributed by atoms with Crippen molar-refractivity contribution in [3.8, 4) is 0 Å². The maximum atomic E-state index is 14.8. The summed E-state index contributed by atoms with van der Waals surface area (Å²) in [5, 5.41) is 0. The van der Waals surface area contributed by atoms with E-state index in [1.165, 1.54) is 6.07 Å². The normalized spacial score (nSPS) is 26.0. The zero-order valence-electron chi connectivity index (χ0n) is 17.6. The van der Waals surface area contributed by atoms with Gasteiger partial charge in [0.2, 0.25) is 0 Å². The monoisotopic (exact) mass is 415 g/mol. The zero-order chi connectivity index (χ0) is 22.0. The average molecular weight is 415 g/mol. The van der Waals surface area contributed by atoms with Gasteiger partial charge in [-0.05, 0) is 44.7 Å². The quantitative estimate of drug-likeness (QED) is 0.542. The van der Waals surface area contributed by atoms with E-state index in [0.29, 0.717) is 17.8 Å². The van der Waals surface area contributed by atoms with E-state index in [4.69, 9.17) is 9.47 Å². The van der Waals surface area contributed by atoms with Crippen LogP contribution in [-0.4, -0.2) is 36.6 Å². The molecule has 0 saturated heterocycles. The van der Waals surface area contributed by atoms with E-state index in [1.807, 2.05) is 0 Å². The molecule has 0 radical (unpaired) electrons. The lowest BCUT2D eigenvalue weighted by Gasteiger charge is -2.40. The van der Waals surface area contributed by atoms with E-state index in [-0.39, 0.29) is 30.3 Å². The molecular formula is C23H26FNO5. The minimum atomic E-state index is -0.981. The molecule has 1 heterocycles. The lowest BCUT2D eigenvalue weighted by molar-refractivity contribution is -0.154. The Labute approximate surface area is 175 Å². The summed E-state index contributed by atoms with van der Waals surface area (Å²) in [6.45, 7) is 7.11. The second-order valence-corrected chi connectivity index (χ2v) is 7.61. The summed E-state index contributed by atoms with van der Waals surface area (Å²) in [5.74, 6) is -5.26. The first-order chi connectivity index (χ1) is 14.3. The SMILES string of the molecule is CCOC(=O)C1=C(C)N=C2C[C@H](C)[C@@H](C(=O)OCC)C(=O)C2[C@@H]1c1ccccc1F. The van der Waals surface area contributed by atoms with Crippen molar-refractivity contribution in [3.05, 3.63) is 46.9 Å². The molecule has 160 valence electrons. The first kappa shape index (κ1) is 21.9. The van der Waals surface area contributed by atoms with Crippen molar-refractivity contribution in [2.45, 2.75) is 40.0 Å². The van der Waals surface area contributed by atoms with E-state index in [9.17, 15) is 18.8 Å². The van der Waals surface area contributed by atoms with E-state index < -0.39 is 41.3 Å². The van der Waals surface area contributed by atoms with Gasteiger partial charge in [0.25, 0.3) is 0 Å². The van der Waals surface area contributed by atoms with E-state index in [2.05, 4.69) is 4.99 Å². The number of hydrogen-bond acceptors (Lipinski definition) is 6. The zero-order valence-corrected chi connectivity index (χ0v) is 17.6. The van der Waals surface area contributed by atoms with E-state index >= 15 is 0 Å². The molecule has 4 atom stereocenters. The van der Waals surface area contributed by atoms with Crippen LogP contribution in [0.4, 0.5) is 4.39 Å². The molecule has 1 unspecified atom stereocenters. The van der Waals surface area contributed by atoms with E-state index in [1.54, 1.807) is 45.9 Å². The highest BCUT2D eigenvalue weighted by atomic mass is 19.1. The van der Waals surface area contributed by atoms with Gasteiger partial charge >= 0.3 is 11.9 Å². The Balaban J connectivity index is 2.17. The van der Waals surface area contributed by atoms with Gasteiger partial charge in [0, 0.05) is 17.3 Å². The van der Waals surface area contributed by atoms with Gasteiger partial charge in [-0.1, -0.05) is 25.1 Å². The highest BCUT2D eigenvalue weighted by molar-refractivity contribution is 6.17. The predicted molar refractivity (Wildman–Crippen MR) is 108 cm³/mol. The number of Topliss-reactive ketones (excluding diaryl/α,β-unsaturated/α-hetero) is 1. The van der Waals surface area contributed by atoms with Crippen molar-refractivity contribution < 1.29 is 28.2 Å². The van der Waals surface area contributed by atoms with Gasteiger partial charge in [0.05, 0.1) is 24.7 Å². The summed E-state index contributed by atoms with van der Waals surface area (Å²) in [4.78, 5) is 43.4. The molecule has 3 rings (SSSR count). The van der Waals surface area contributed by atoms with Crippen LogP contribution in [-0.2, 0) is 23.9 Å². The number of esters is 2. The first-order valence-corrected chi connectivity index (χ1v) is 10.2. The van der Waals surface area contributed by atoms with Crippen molar-refractivity contribution in [1.29, 1.82) is 0 Å². The molecule has 0 bridgehead atoms. The molecule has 1 aliphatic heterocycles. The van der Waals surface area contributed by atoms with Crippen LogP contribution in [0.2, 0.25) is 0 Å². The summed E-state index contributed by atoms with van der Waals surface area (Å²) in [6.07, 6.45) is 0.387. The molecule has 0 aromatic heterocycles. The lowest BCUT2D eigenvalue weighted by Crippen LogP contribution is -2.49. The molecule has 30 heavy (non-hydrogen) atoms. The predicted octanol–water partition coefficient (Wildman–Crippen LogP) is 3.61. The molecule has 0 amide bonds. The summed E-state index contributed by atoms with van der Waals surface area (Å²) in [5.41, 5.74) is 1.33. The topological polar surface area (TPSA) is 82.0 Å². The number of rotatable bonds is 5. The number of ketones is 1.